The molecule has 194 valence electrons. The number of nitrogens with zero attached hydrogens (tertiary/aromatic N) is 4. The first-order valence-corrected chi connectivity index (χ1v) is 12.6. The van der Waals surface area contributed by atoms with E-state index in [1.165, 1.54) is 24.7 Å². The van der Waals surface area contributed by atoms with Gasteiger partial charge in [-0.2, -0.15) is 0 Å². The van der Waals surface area contributed by atoms with Crippen LogP contribution in [0.25, 0.3) is 0 Å². The second-order valence-corrected chi connectivity index (χ2v) is 9.26. The van der Waals surface area contributed by atoms with E-state index in [1.807, 2.05) is 36.4 Å². The Morgan fingerprint density at radius 1 is 1.08 bits per heavy atom. The quantitative estimate of drug-likeness (QED) is 0.356. The van der Waals surface area contributed by atoms with E-state index >= 15 is 0 Å². The van der Waals surface area contributed by atoms with Gasteiger partial charge in [-0.25, -0.2) is 9.37 Å². The summed E-state index contributed by atoms with van der Waals surface area (Å²) in [5.74, 6) is -0.945. The molecule has 0 radical (unpaired) electrons. The molecule has 2 unspecified atom stereocenters. The van der Waals surface area contributed by atoms with Crippen LogP contribution in [-0.2, 0) is 11.2 Å². The number of imidazole rings is 1. The van der Waals surface area contributed by atoms with Crippen LogP contribution in [-0.4, -0.2) is 57.3 Å². The van der Waals surface area contributed by atoms with Crippen LogP contribution in [0.2, 0.25) is 0 Å². The number of aromatic nitrogens is 3. The van der Waals surface area contributed by atoms with Crippen LogP contribution in [0.3, 0.4) is 0 Å². The number of halogens is 1. The topological polar surface area (TPSA) is 94.2 Å². The highest BCUT2D eigenvalue weighted by Crippen LogP contribution is 2.31. The Bertz CT molecular complexity index is 1350. The van der Waals surface area contributed by atoms with Crippen molar-refractivity contribution < 1.29 is 14.0 Å². The second-order valence-electron chi connectivity index (χ2n) is 9.26. The Morgan fingerprint density at radius 2 is 1.95 bits per heavy atom. The van der Waals surface area contributed by atoms with Crippen LogP contribution in [0.4, 0.5) is 10.1 Å². The summed E-state index contributed by atoms with van der Waals surface area (Å²) in [6.07, 6.45) is 7.34. The molecule has 8 nitrogen and oxygen atoms in total. The number of rotatable bonds is 9. The number of para-hydroxylation sites is 1. The van der Waals surface area contributed by atoms with Gasteiger partial charge in [-0.3, -0.25) is 14.6 Å². The van der Waals surface area contributed by atoms with Gasteiger partial charge in [0.25, 0.3) is 5.91 Å². The minimum absolute atomic E-state index is 0.231. The lowest BCUT2D eigenvalue weighted by Gasteiger charge is -2.35. The Balaban J connectivity index is 1.43. The third-order valence-electron chi connectivity index (χ3n) is 6.77. The van der Waals surface area contributed by atoms with Gasteiger partial charge < -0.3 is 20.1 Å². The smallest absolute Gasteiger partial charge is 0.273 e. The van der Waals surface area contributed by atoms with E-state index in [-0.39, 0.29) is 23.7 Å². The number of hydrogen-bond acceptors (Lipinski definition) is 5. The molecule has 1 fully saturated rings. The van der Waals surface area contributed by atoms with E-state index in [0.29, 0.717) is 37.2 Å². The molecule has 4 aromatic rings. The lowest BCUT2D eigenvalue weighted by atomic mass is 10.0. The molecule has 0 spiro atoms. The zero-order chi connectivity index (χ0) is 26.3. The summed E-state index contributed by atoms with van der Waals surface area (Å²) in [5.41, 5.74) is 2.77. The Morgan fingerprint density at radius 3 is 2.68 bits per heavy atom. The highest BCUT2D eigenvalue weighted by molar-refractivity contribution is 5.96. The van der Waals surface area contributed by atoms with Crippen LogP contribution in [0.5, 0.6) is 0 Å². The number of pyridine rings is 1. The molecule has 1 saturated heterocycles. The third kappa shape index (κ3) is 5.72. The first-order chi connectivity index (χ1) is 18.6. The molecular weight excluding hydrogens is 483 g/mol. The SMILES string of the molecule is O=C(NCCc1cccc(F)c1)C(c1cccnc1)N(C(=O)c1cnc[nH]1)C1CCN(c2ccccc2)C1. The average Bonchev–Trinajstić information content (AvgIpc) is 3.65. The van der Waals surface area contributed by atoms with Crippen LogP contribution in [0.15, 0.2) is 91.6 Å². The summed E-state index contributed by atoms with van der Waals surface area (Å²) < 4.78 is 13.6. The summed E-state index contributed by atoms with van der Waals surface area (Å²) in [5, 5.41) is 2.97. The van der Waals surface area contributed by atoms with Gasteiger partial charge in [0.05, 0.1) is 18.6 Å². The number of aromatic amines is 1. The van der Waals surface area contributed by atoms with E-state index in [1.54, 1.807) is 35.5 Å². The number of H-pyrrole nitrogens is 1. The van der Waals surface area contributed by atoms with Crippen molar-refractivity contribution in [3.63, 3.8) is 0 Å². The maximum absolute atomic E-state index is 13.9. The molecule has 5 rings (SSSR count). The van der Waals surface area contributed by atoms with Gasteiger partial charge in [0.2, 0.25) is 5.91 Å². The zero-order valence-corrected chi connectivity index (χ0v) is 20.8. The molecule has 2 N–H and O–H groups in total. The molecule has 2 aromatic carbocycles. The van der Waals surface area contributed by atoms with E-state index in [0.717, 1.165) is 17.8 Å². The highest BCUT2D eigenvalue weighted by atomic mass is 19.1. The van der Waals surface area contributed by atoms with Crippen molar-refractivity contribution in [2.45, 2.75) is 24.9 Å². The average molecular weight is 513 g/mol. The molecule has 1 aliphatic rings. The predicted octanol–water partition coefficient (Wildman–Crippen LogP) is 3.77. The summed E-state index contributed by atoms with van der Waals surface area (Å²) in [7, 11) is 0. The number of hydrogen-bond donors (Lipinski definition) is 2. The monoisotopic (exact) mass is 512 g/mol. The number of anilines is 1. The largest absolute Gasteiger partial charge is 0.369 e. The Kier molecular flexibility index (Phi) is 7.73. The van der Waals surface area contributed by atoms with Crippen molar-refractivity contribution in [3.05, 3.63) is 114 Å². The van der Waals surface area contributed by atoms with E-state index in [4.69, 9.17) is 0 Å². The predicted molar refractivity (Wildman–Crippen MR) is 142 cm³/mol. The second kappa shape index (κ2) is 11.7. The van der Waals surface area contributed by atoms with Gasteiger partial charge >= 0.3 is 0 Å². The number of nitrogens with one attached hydrogen (secondary N) is 2. The fraction of sp³-hybridized carbons (Fsp3) is 0.241. The molecule has 0 saturated carbocycles. The molecule has 2 amide bonds. The van der Waals surface area contributed by atoms with Gasteiger partial charge in [-0.05, 0) is 48.7 Å². The number of benzene rings is 2. The van der Waals surface area contributed by atoms with Crippen molar-refractivity contribution >= 4 is 17.5 Å². The maximum atomic E-state index is 13.9. The first kappa shape index (κ1) is 25.1. The summed E-state index contributed by atoms with van der Waals surface area (Å²) in [6, 6.07) is 18.8. The van der Waals surface area contributed by atoms with Crippen LogP contribution >= 0.6 is 0 Å². The minimum Gasteiger partial charge on any atom is -0.369 e. The molecule has 0 bridgehead atoms. The molecule has 3 heterocycles. The van der Waals surface area contributed by atoms with Crippen molar-refractivity contribution in [2.24, 2.45) is 0 Å². The molecule has 2 aromatic heterocycles. The number of carbonyl (C=O) groups is 2. The van der Waals surface area contributed by atoms with Crippen LogP contribution in [0.1, 0.15) is 34.1 Å². The number of amides is 2. The van der Waals surface area contributed by atoms with E-state index < -0.39 is 6.04 Å². The molecule has 1 aliphatic heterocycles. The molecule has 38 heavy (non-hydrogen) atoms. The van der Waals surface area contributed by atoms with E-state index in [9.17, 15) is 14.0 Å². The van der Waals surface area contributed by atoms with E-state index in [2.05, 4.69) is 25.2 Å². The minimum atomic E-state index is -0.910. The number of carbonyl (C=O) groups excluding carboxylic acids is 2. The summed E-state index contributed by atoms with van der Waals surface area (Å²) in [6.45, 7) is 1.63. The van der Waals surface area contributed by atoms with Crippen molar-refractivity contribution in [3.8, 4) is 0 Å². The zero-order valence-electron chi connectivity index (χ0n) is 20.8. The fourth-order valence-electron chi connectivity index (χ4n) is 4.94. The lowest BCUT2D eigenvalue weighted by molar-refractivity contribution is -0.126. The molecule has 9 heteroatoms. The lowest BCUT2D eigenvalue weighted by Crippen LogP contribution is -2.50. The standard InChI is InChI=1S/C29H29FN6O2/c30-23-8-4-6-21(16-23)11-14-33-28(37)27(22-7-5-13-31-17-22)36(29(38)26-18-32-20-34-26)25-12-15-35(19-25)24-9-2-1-3-10-24/h1-10,13,16-18,20,25,27H,11-12,14-15,19H2,(H,32,34)(H,33,37). The maximum Gasteiger partial charge on any atom is 0.273 e. The van der Waals surface area contributed by atoms with Gasteiger partial charge in [-0.15, -0.1) is 0 Å². The van der Waals surface area contributed by atoms with Crippen molar-refractivity contribution in [1.29, 1.82) is 0 Å². The highest BCUT2D eigenvalue weighted by Gasteiger charge is 2.40. The van der Waals surface area contributed by atoms with Gasteiger partial charge in [0.1, 0.15) is 17.6 Å². The van der Waals surface area contributed by atoms with Crippen molar-refractivity contribution in [1.82, 2.24) is 25.2 Å². The third-order valence-corrected chi connectivity index (χ3v) is 6.77. The summed E-state index contributed by atoms with van der Waals surface area (Å²) in [4.78, 5) is 42.7. The summed E-state index contributed by atoms with van der Waals surface area (Å²) >= 11 is 0. The van der Waals surface area contributed by atoms with Gasteiger partial charge in [0.15, 0.2) is 0 Å². The Labute approximate surface area is 220 Å². The van der Waals surface area contributed by atoms with Crippen molar-refractivity contribution in [2.75, 3.05) is 24.5 Å². The van der Waals surface area contributed by atoms with Crippen LogP contribution < -0.4 is 10.2 Å². The molecule has 0 aliphatic carbocycles. The molecule has 2 atom stereocenters. The fourth-order valence-corrected chi connectivity index (χ4v) is 4.94. The van der Waals surface area contributed by atoms with Gasteiger partial charge in [0, 0.05) is 43.3 Å². The van der Waals surface area contributed by atoms with Crippen LogP contribution in [0, 0.1) is 5.82 Å². The first-order valence-electron chi connectivity index (χ1n) is 12.6. The Hall–Kier alpha value is -4.53. The van der Waals surface area contributed by atoms with Gasteiger partial charge in [-0.1, -0.05) is 36.4 Å². The molecular formula is C29H29FN6O2. The normalized spacial score (nSPS) is 15.7.